The van der Waals surface area contributed by atoms with Crippen molar-refractivity contribution in [2.45, 2.75) is 19.2 Å². The summed E-state index contributed by atoms with van der Waals surface area (Å²) in [6.45, 7) is 1.56. The highest BCUT2D eigenvalue weighted by Gasteiger charge is 2.16. The van der Waals surface area contributed by atoms with Gasteiger partial charge in [0.15, 0.2) is 6.29 Å². The van der Waals surface area contributed by atoms with E-state index in [0.29, 0.717) is 17.4 Å². The highest BCUT2D eigenvalue weighted by atomic mass is 35.5. The Balaban J connectivity index is 3.35. The van der Waals surface area contributed by atoms with E-state index in [-0.39, 0.29) is 17.1 Å². The van der Waals surface area contributed by atoms with E-state index in [0.717, 1.165) is 6.20 Å². The molecule has 5 heteroatoms. The van der Waals surface area contributed by atoms with E-state index in [1.807, 2.05) is 0 Å². The highest BCUT2D eigenvalue weighted by molar-refractivity contribution is 6.17. The summed E-state index contributed by atoms with van der Waals surface area (Å²) in [5, 5.41) is 0. The molecule has 0 saturated carbocycles. The Hall–Kier alpha value is -1.03. The Morgan fingerprint density at radius 1 is 1.64 bits per heavy atom. The van der Waals surface area contributed by atoms with E-state index in [4.69, 9.17) is 11.6 Å². The molecule has 0 spiro atoms. The second-order valence-corrected chi connectivity index (χ2v) is 3.02. The number of carbonyl (C=O) groups is 1. The van der Waals surface area contributed by atoms with Crippen molar-refractivity contribution in [3.05, 3.63) is 28.6 Å². The third kappa shape index (κ3) is 1.90. The van der Waals surface area contributed by atoms with E-state index < -0.39 is 6.43 Å². The predicted octanol–water partition coefficient (Wildman–Crippen LogP) is 2.88. The van der Waals surface area contributed by atoms with E-state index in [2.05, 4.69) is 4.98 Å². The third-order valence-corrected chi connectivity index (χ3v) is 2.28. The molecule has 0 aliphatic rings. The maximum Gasteiger partial charge on any atom is 0.265 e. The van der Waals surface area contributed by atoms with Crippen LogP contribution in [0.5, 0.6) is 0 Å². The maximum absolute atomic E-state index is 12.4. The van der Waals surface area contributed by atoms with Gasteiger partial charge in [0.2, 0.25) is 0 Å². The molecular formula is C9H8ClF2NO. The average Bonchev–Trinajstić information content (AvgIpc) is 2.17. The molecule has 0 fully saturated rings. The van der Waals surface area contributed by atoms with Crippen LogP contribution in [-0.4, -0.2) is 11.3 Å². The maximum atomic E-state index is 12.4. The van der Waals surface area contributed by atoms with E-state index in [1.54, 1.807) is 6.92 Å². The second-order valence-electron chi connectivity index (χ2n) is 2.75. The number of aldehydes is 1. The van der Waals surface area contributed by atoms with Crippen LogP contribution in [0.2, 0.25) is 0 Å². The molecular weight excluding hydrogens is 212 g/mol. The van der Waals surface area contributed by atoms with Gasteiger partial charge in [0, 0.05) is 17.6 Å². The summed E-state index contributed by atoms with van der Waals surface area (Å²) in [4.78, 5) is 14.1. The lowest BCUT2D eigenvalue weighted by Crippen LogP contribution is -2.02. The molecule has 0 saturated heterocycles. The summed E-state index contributed by atoms with van der Waals surface area (Å²) in [5.41, 5.74) is 0.666. The quantitative estimate of drug-likeness (QED) is 0.578. The molecule has 0 unspecified atom stereocenters. The van der Waals surface area contributed by atoms with Crippen LogP contribution in [-0.2, 0) is 5.88 Å². The van der Waals surface area contributed by atoms with Crippen LogP contribution in [0.1, 0.15) is 33.6 Å². The monoisotopic (exact) mass is 219 g/mol. The van der Waals surface area contributed by atoms with Crippen molar-refractivity contribution < 1.29 is 13.6 Å². The number of nitrogens with zero attached hydrogens (tertiary/aromatic N) is 1. The summed E-state index contributed by atoms with van der Waals surface area (Å²) >= 11 is 5.53. The highest BCUT2D eigenvalue weighted by Crippen LogP contribution is 2.26. The zero-order valence-electron chi connectivity index (χ0n) is 7.43. The van der Waals surface area contributed by atoms with E-state index in [9.17, 15) is 13.6 Å². The topological polar surface area (TPSA) is 30.0 Å². The molecule has 1 heterocycles. The normalized spacial score (nSPS) is 10.6. The molecule has 14 heavy (non-hydrogen) atoms. The molecule has 0 N–H and O–H groups in total. The van der Waals surface area contributed by atoms with Crippen molar-refractivity contribution in [3.8, 4) is 0 Å². The number of carbonyl (C=O) groups excluding carboxylic acids is 1. The zero-order chi connectivity index (χ0) is 10.7. The molecule has 2 nitrogen and oxygen atoms in total. The lowest BCUT2D eigenvalue weighted by atomic mass is 10.0. The number of halogens is 3. The van der Waals surface area contributed by atoms with Gasteiger partial charge >= 0.3 is 0 Å². The first kappa shape index (κ1) is 11.0. The second kappa shape index (κ2) is 4.46. The number of pyridine rings is 1. The first-order valence-corrected chi connectivity index (χ1v) is 4.43. The molecule has 1 aromatic heterocycles. The van der Waals surface area contributed by atoms with Crippen molar-refractivity contribution in [2.24, 2.45) is 0 Å². The smallest absolute Gasteiger partial charge is 0.265 e. The molecule has 76 valence electrons. The Kier molecular flexibility index (Phi) is 3.52. The molecule has 0 amide bonds. The van der Waals surface area contributed by atoms with Crippen LogP contribution in [0.15, 0.2) is 6.20 Å². The lowest BCUT2D eigenvalue weighted by molar-refractivity contribution is 0.111. The number of hydrogen-bond donors (Lipinski definition) is 0. The van der Waals surface area contributed by atoms with Crippen molar-refractivity contribution in [1.82, 2.24) is 4.98 Å². The van der Waals surface area contributed by atoms with Gasteiger partial charge in [-0.1, -0.05) is 0 Å². The van der Waals surface area contributed by atoms with Crippen molar-refractivity contribution in [2.75, 3.05) is 0 Å². The van der Waals surface area contributed by atoms with Crippen LogP contribution < -0.4 is 0 Å². The van der Waals surface area contributed by atoms with Crippen molar-refractivity contribution in [1.29, 1.82) is 0 Å². The SMILES string of the molecule is Cc1c(C=O)ncc(C(F)F)c1CCl. The fraction of sp³-hybridized carbons (Fsp3) is 0.333. The Morgan fingerprint density at radius 2 is 2.29 bits per heavy atom. The first-order valence-electron chi connectivity index (χ1n) is 3.89. The zero-order valence-corrected chi connectivity index (χ0v) is 8.18. The van der Waals surface area contributed by atoms with Gasteiger partial charge < -0.3 is 0 Å². The van der Waals surface area contributed by atoms with Crippen LogP contribution in [0, 0.1) is 6.92 Å². The minimum absolute atomic E-state index is 0.0468. The van der Waals surface area contributed by atoms with Gasteiger partial charge in [-0.2, -0.15) is 0 Å². The van der Waals surface area contributed by atoms with Crippen LogP contribution in [0.3, 0.4) is 0 Å². The third-order valence-electron chi connectivity index (χ3n) is 2.01. The molecule has 0 aliphatic carbocycles. The lowest BCUT2D eigenvalue weighted by Gasteiger charge is -2.09. The molecule has 0 atom stereocenters. The molecule has 1 aromatic rings. The fourth-order valence-corrected chi connectivity index (χ4v) is 1.52. The first-order chi connectivity index (χ1) is 6.61. The van der Waals surface area contributed by atoms with Gasteiger partial charge in [0.05, 0.1) is 0 Å². The standard InChI is InChI=1S/C9H8ClF2NO/c1-5-6(2-10)7(9(11)12)3-13-8(5)4-14/h3-4,9H,2H2,1H3. The van der Waals surface area contributed by atoms with Crippen molar-refractivity contribution >= 4 is 17.9 Å². The number of rotatable bonds is 3. The average molecular weight is 220 g/mol. The van der Waals surface area contributed by atoms with Crippen LogP contribution in [0.25, 0.3) is 0 Å². The van der Waals surface area contributed by atoms with Gasteiger partial charge in [-0.25, -0.2) is 8.78 Å². The minimum atomic E-state index is -2.62. The van der Waals surface area contributed by atoms with Crippen LogP contribution in [0.4, 0.5) is 8.78 Å². The van der Waals surface area contributed by atoms with Gasteiger partial charge in [-0.3, -0.25) is 9.78 Å². The number of alkyl halides is 3. The Bertz CT molecular complexity index is 355. The fourth-order valence-electron chi connectivity index (χ4n) is 1.17. The number of hydrogen-bond acceptors (Lipinski definition) is 2. The summed E-state index contributed by atoms with van der Waals surface area (Å²) in [6, 6.07) is 0. The summed E-state index contributed by atoms with van der Waals surface area (Å²) in [7, 11) is 0. The van der Waals surface area contributed by atoms with Gasteiger partial charge in [-0.05, 0) is 18.1 Å². The molecule has 1 rings (SSSR count). The molecule has 0 aliphatic heterocycles. The number of aromatic nitrogens is 1. The minimum Gasteiger partial charge on any atom is -0.296 e. The predicted molar refractivity (Wildman–Crippen MR) is 48.9 cm³/mol. The molecule has 0 bridgehead atoms. The summed E-state index contributed by atoms with van der Waals surface area (Å²) < 4.78 is 24.9. The van der Waals surface area contributed by atoms with Crippen molar-refractivity contribution in [3.63, 3.8) is 0 Å². The van der Waals surface area contributed by atoms with E-state index in [1.165, 1.54) is 0 Å². The summed E-state index contributed by atoms with van der Waals surface area (Å²) in [6.07, 6.45) is -1.09. The Morgan fingerprint density at radius 3 is 2.71 bits per heavy atom. The van der Waals surface area contributed by atoms with Crippen LogP contribution >= 0.6 is 11.6 Å². The molecule has 0 aromatic carbocycles. The van der Waals surface area contributed by atoms with Gasteiger partial charge in [0.25, 0.3) is 6.43 Å². The molecule has 0 radical (unpaired) electrons. The van der Waals surface area contributed by atoms with Gasteiger partial charge in [-0.15, -0.1) is 11.6 Å². The summed E-state index contributed by atoms with van der Waals surface area (Å²) in [5.74, 6) is -0.0468. The largest absolute Gasteiger partial charge is 0.296 e. The Labute approximate surface area is 84.9 Å². The van der Waals surface area contributed by atoms with E-state index >= 15 is 0 Å². The van der Waals surface area contributed by atoms with Gasteiger partial charge in [0.1, 0.15) is 5.69 Å².